The molecule has 22 atom stereocenters. The van der Waals surface area contributed by atoms with Crippen molar-refractivity contribution in [3.8, 4) is 0 Å². The van der Waals surface area contributed by atoms with E-state index in [1.165, 1.54) is 0 Å². The smallest absolute Gasteiger partial charge is 0.397 e. The van der Waals surface area contributed by atoms with Crippen molar-refractivity contribution in [2.24, 2.45) is 0 Å². The molecule has 0 aliphatic carbocycles. The molecule has 82 heavy (non-hydrogen) atoms. The molecule has 44 nitrogen and oxygen atoms in total. The second-order valence-corrected chi connectivity index (χ2v) is 23.4. The summed E-state index contributed by atoms with van der Waals surface area (Å²) in [4.78, 5) is 38.0. The van der Waals surface area contributed by atoms with Gasteiger partial charge in [0, 0.05) is 6.92 Å². The predicted molar refractivity (Wildman–Crippen MR) is 239 cm³/mol. The van der Waals surface area contributed by atoms with Crippen molar-refractivity contribution in [1.82, 2.24) is 5.32 Å². The van der Waals surface area contributed by atoms with Crippen LogP contribution in [0.1, 0.15) is 20.8 Å². The van der Waals surface area contributed by atoms with E-state index >= 15 is 0 Å². The molecular formula is C32H51NO43S6. The molecule has 15 N–H and O–H groups in total. The number of aliphatic hydroxyl groups is 6. The van der Waals surface area contributed by atoms with Crippen LogP contribution in [0.2, 0.25) is 0 Å². The van der Waals surface area contributed by atoms with Crippen molar-refractivity contribution >= 4 is 80.2 Å². The van der Waals surface area contributed by atoms with Crippen molar-refractivity contribution in [1.29, 1.82) is 0 Å². The van der Waals surface area contributed by atoms with Gasteiger partial charge < -0.3 is 84.1 Å². The van der Waals surface area contributed by atoms with E-state index in [-0.39, 0.29) is 0 Å². The minimum absolute atomic E-state index is 0.308. The summed E-state index contributed by atoms with van der Waals surface area (Å²) in [6.07, 6.45) is -56.3. The van der Waals surface area contributed by atoms with Gasteiger partial charge in [-0.15, -0.1) is 0 Å². The van der Waals surface area contributed by atoms with Gasteiger partial charge in [0.05, 0.1) is 25.4 Å². The van der Waals surface area contributed by atoms with Crippen LogP contribution in [0.15, 0.2) is 11.8 Å². The molecule has 0 saturated carbocycles. The van der Waals surface area contributed by atoms with Crippen LogP contribution in [0.5, 0.6) is 0 Å². The topological polar surface area (TPSA) is 681 Å². The fraction of sp³-hybridized carbons (Fsp3) is 0.844. The monoisotopic (exact) mass is 1330 g/mol. The predicted octanol–water partition coefficient (Wildman–Crippen LogP) is -9.79. The maximum absolute atomic E-state index is 13.0. The fourth-order valence-corrected chi connectivity index (χ4v) is 10.8. The summed E-state index contributed by atoms with van der Waals surface area (Å²) >= 11 is 0. The molecule has 478 valence electrons. The van der Waals surface area contributed by atoms with E-state index in [4.69, 9.17) is 37.9 Å². The Bertz CT molecular complexity index is 2980. The number of hydrogen-bond donors (Lipinski definition) is 15. The lowest BCUT2D eigenvalue weighted by Crippen LogP contribution is -2.69. The number of ether oxygens (including phenoxy) is 8. The third-order valence-electron chi connectivity index (χ3n) is 11.1. The number of nitrogens with one attached hydrogen (secondary N) is 1. The first-order valence-electron chi connectivity index (χ1n) is 21.8. The van der Waals surface area contributed by atoms with Crippen molar-refractivity contribution < 1.29 is 196 Å². The van der Waals surface area contributed by atoms with Crippen LogP contribution in [-0.4, -0.2) is 285 Å². The van der Waals surface area contributed by atoms with Gasteiger partial charge in [0.25, 0.3) is 0 Å². The SMILES string of the molecule is CC(=O)N[C@H]1[C@H](O[C@@H]([C@H](O[C@@H]2O[C@@H](C)[C@@H](OS(=O)(=O)O)[C@@H](O)[C@@H]2OS(=O)(=O)O)[C@@H](O)CO)[C@H](O)C(=O)O)O[C@H](COS(=O)(=O)O)[C@H](OS(=O)(=O)O)[C@@H]1O[C@@H]1OC(C(=O)O)=C[C@H](O[C@@H]2O[C@@H](C)[C@@H](OS(=O)(=O)O)[C@@H](O)[C@@H]2OS(=O)(=O)O)[C@H]1O. The second-order valence-electron chi connectivity index (χ2n) is 17.1. The van der Waals surface area contributed by atoms with Gasteiger partial charge in [0.15, 0.2) is 37.2 Å². The Hall–Kier alpha value is -3.35. The highest BCUT2D eigenvalue weighted by Gasteiger charge is 2.58. The van der Waals surface area contributed by atoms with E-state index in [1.807, 2.05) is 5.32 Å². The highest BCUT2D eigenvalue weighted by atomic mass is 32.3. The van der Waals surface area contributed by atoms with Crippen LogP contribution in [-0.2, 0) is 140 Å². The van der Waals surface area contributed by atoms with Gasteiger partial charge in [-0.05, 0) is 19.9 Å². The number of carbonyl (C=O) groups excluding carboxylic acids is 1. The quantitative estimate of drug-likeness (QED) is 0.0324. The zero-order valence-corrected chi connectivity index (χ0v) is 45.6. The number of amides is 1. The minimum atomic E-state index is -6.07. The number of carboxylic acids is 2. The summed E-state index contributed by atoms with van der Waals surface area (Å²) in [6.45, 7) is -1.22. The Balaban J connectivity index is 1.93. The number of aliphatic hydroxyl groups excluding tert-OH is 6. The van der Waals surface area contributed by atoms with Crippen molar-refractivity contribution in [3.63, 3.8) is 0 Å². The Labute approximate surface area is 460 Å². The molecule has 1 amide bonds. The van der Waals surface area contributed by atoms with Crippen molar-refractivity contribution in [3.05, 3.63) is 11.8 Å². The lowest BCUT2D eigenvalue weighted by Gasteiger charge is -2.48. The lowest BCUT2D eigenvalue weighted by atomic mass is 9.95. The Morgan fingerprint density at radius 3 is 1.44 bits per heavy atom. The normalized spacial score (nSPS) is 35.0. The average molecular weight is 1330 g/mol. The summed E-state index contributed by atoms with van der Waals surface area (Å²) in [5.41, 5.74) is 0. The van der Waals surface area contributed by atoms with E-state index in [9.17, 15) is 133 Å². The van der Waals surface area contributed by atoms with E-state index in [0.717, 1.165) is 13.8 Å². The summed E-state index contributed by atoms with van der Waals surface area (Å²) in [5, 5.41) is 88.0. The van der Waals surface area contributed by atoms with Gasteiger partial charge in [-0.2, -0.15) is 50.5 Å². The van der Waals surface area contributed by atoms with Gasteiger partial charge in [0.2, 0.25) is 18.0 Å². The zero-order valence-electron chi connectivity index (χ0n) is 40.7. The number of carbonyl (C=O) groups is 3. The number of carboxylic acid groups (broad SMARTS) is 2. The molecule has 4 heterocycles. The number of aliphatic carboxylic acids is 2. The molecule has 0 bridgehead atoms. The third-order valence-corrected chi connectivity index (χ3v) is 13.8. The molecule has 50 heteroatoms. The first-order chi connectivity index (χ1) is 37.2. The van der Waals surface area contributed by atoms with E-state index in [1.54, 1.807) is 0 Å². The van der Waals surface area contributed by atoms with Crippen molar-refractivity contribution in [2.75, 3.05) is 13.2 Å². The zero-order chi connectivity index (χ0) is 62.7. The van der Waals surface area contributed by atoms with Crippen LogP contribution in [0.25, 0.3) is 0 Å². The van der Waals surface area contributed by atoms with Crippen LogP contribution in [0.3, 0.4) is 0 Å². The van der Waals surface area contributed by atoms with E-state index in [2.05, 4.69) is 25.1 Å². The molecule has 0 aromatic rings. The molecule has 4 aliphatic rings. The molecular weight excluding hydrogens is 1280 g/mol. The molecule has 0 radical (unpaired) electrons. The lowest BCUT2D eigenvalue weighted by molar-refractivity contribution is -0.346. The molecule has 4 rings (SSSR count). The molecule has 0 unspecified atom stereocenters. The van der Waals surface area contributed by atoms with Crippen LogP contribution in [0.4, 0.5) is 0 Å². The maximum Gasteiger partial charge on any atom is 0.397 e. The van der Waals surface area contributed by atoms with Crippen molar-refractivity contribution in [2.45, 2.75) is 156 Å². The first-order valence-corrected chi connectivity index (χ1v) is 30.0. The average Bonchev–Trinajstić information content (AvgIpc) is 3.52. The first kappa shape index (κ1) is 71.1. The second kappa shape index (κ2) is 27.6. The van der Waals surface area contributed by atoms with Gasteiger partial charge in [-0.1, -0.05) is 0 Å². The van der Waals surface area contributed by atoms with Gasteiger partial charge in [-0.25, -0.2) is 34.7 Å². The van der Waals surface area contributed by atoms with Crippen LogP contribution < -0.4 is 5.32 Å². The minimum Gasteiger partial charge on any atom is -0.479 e. The van der Waals surface area contributed by atoms with Gasteiger partial charge >= 0.3 is 74.3 Å². The number of hydrogen-bond acceptors (Lipinski definition) is 35. The Morgan fingerprint density at radius 1 is 0.573 bits per heavy atom. The Morgan fingerprint density at radius 2 is 1.01 bits per heavy atom. The van der Waals surface area contributed by atoms with E-state index < -0.39 is 234 Å². The molecule has 3 saturated heterocycles. The Kier molecular flexibility index (Phi) is 23.9. The highest BCUT2D eigenvalue weighted by Crippen LogP contribution is 2.37. The highest BCUT2D eigenvalue weighted by molar-refractivity contribution is 7.82. The summed E-state index contributed by atoms with van der Waals surface area (Å²) in [7, 11) is -34.6. The summed E-state index contributed by atoms with van der Waals surface area (Å²) in [5.74, 6) is -7.46. The molecule has 0 aromatic heterocycles. The van der Waals surface area contributed by atoms with Gasteiger partial charge in [0.1, 0.15) is 79.3 Å². The third kappa shape index (κ3) is 20.7. The van der Waals surface area contributed by atoms with E-state index in [0.29, 0.717) is 13.0 Å². The van der Waals surface area contributed by atoms with Gasteiger partial charge in [-0.3, -0.25) is 32.1 Å². The fourth-order valence-electron chi connectivity index (χ4n) is 7.92. The summed E-state index contributed by atoms with van der Waals surface area (Å²) < 4.78 is 269. The maximum atomic E-state index is 13.0. The molecule has 0 aromatic carbocycles. The standard InChI is InChI=1S/C32H51NO43S6/c1-7-19(72-78(48,49)50)16(38)25(75-81(57,58)59)31(64-7)66-11-4-12(27(41)42)67-30(15(11)37)70-23-14(33-9(3)35)29(68-13(6-63-77(45,46)47)22(23)74-80(54,55)56)71-24(18(40)28(43)44)21(10(36)5-34)69-32-26(76-82(60,61)62)17(39)20(8(2)65-32)73-79(51,52)53/h4,7-8,10-11,13-26,29-32,34,36-40H,5-6H2,1-3H3,(H,33,35)(H,41,42)(H,43,44)(H,45,46,47)(H,48,49,50)(H,51,52,53)(H,54,55,56)(H,57,58,59)(H,60,61,62)/t7-,8-,10-,11-,13+,14+,15+,16+,17+,18-,19+,20+,21+,22-,23+,24+,25-,26-,29-,30-,31-,32-/m0/s1. The largest absolute Gasteiger partial charge is 0.479 e. The molecule has 4 aliphatic heterocycles. The summed E-state index contributed by atoms with van der Waals surface area (Å²) in [6, 6.07) is -2.66. The molecule has 0 spiro atoms. The van der Waals surface area contributed by atoms with Crippen LogP contribution >= 0.6 is 0 Å². The number of rotatable bonds is 28. The molecule has 3 fully saturated rings. The van der Waals surface area contributed by atoms with Crippen LogP contribution in [0, 0.1) is 0 Å².